The predicted octanol–water partition coefficient (Wildman–Crippen LogP) is 3.58. The first kappa shape index (κ1) is 24.0. The summed E-state index contributed by atoms with van der Waals surface area (Å²) in [6, 6.07) is -0.728. The standard InChI is InChI=1S/C24H32F2N6O3S/c1-23(2,3)35-22(33)32-15-7-16(26)17(32)11-30(10-15)19-18-20(36-13-27-18)29-21(28-19)34-12-24-5-4-6-31(24)9-14(25)8-24/h13-17H,4-12H2,1-3H3/t14-,15?,16?,17-,24+/m1/s1. The van der Waals surface area contributed by atoms with Crippen molar-refractivity contribution in [3.05, 3.63) is 5.51 Å². The van der Waals surface area contributed by atoms with Crippen LogP contribution in [0.1, 0.15) is 46.5 Å². The summed E-state index contributed by atoms with van der Waals surface area (Å²) in [6.07, 6.45) is 0.210. The summed E-state index contributed by atoms with van der Waals surface area (Å²) in [5.41, 5.74) is 1.39. The molecule has 0 aromatic carbocycles. The van der Waals surface area contributed by atoms with Crippen molar-refractivity contribution in [2.24, 2.45) is 0 Å². The maximum atomic E-state index is 15.0. The maximum Gasteiger partial charge on any atom is 0.411 e. The van der Waals surface area contributed by atoms with Crippen molar-refractivity contribution in [3.63, 3.8) is 0 Å². The lowest BCUT2D eigenvalue weighted by Gasteiger charge is -2.41. The molecule has 5 atom stereocenters. The minimum atomic E-state index is -1.14. The number of fused-ring (bicyclic) bond motifs is 4. The van der Waals surface area contributed by atoms with Crippen molar-refractivity contribution in [2.75, 3.05) is 37.7 Å². The molecule has 12 heteroatoms. The molecule has 0 radical (unpaired) electrons. The Morgan fingerprint density at radius 3 is 2.86 bits per heavy atom. The first-order valence-electron chi connectivity index (χ1n) is 12.7. The fourth-order valence-electron chi connectivity index (χ4n) is 6.33. The van der Waals surface area contributed by atoms with Crippen LogP contribution in [0.4, 0.5) is 19.4 Å². The first-order valence-corrected chi connectivity index (χ1v) is 13.5. The Labute approximate surface area is 212 Å². The summed E-state index contributed by atoms with van der Waals surface area (Å²) in [5, 5.41) is 0. The number of carbonyl (C=O) groups is 1. The van der Waals surface area contributed by atoms with Gasteiger partial charge in [0.1, 0.15) is 30.1 Å². The van der Waals surface area contributed by atoms with Crippen LogP contribution in [0.15, 0.2) is 5.51 Å². The van der Waals surface area contributed by atoms with E-state index < -0.39 is 30.1 Å². The van der Waals surface area contributed by atoms with E-state index in [0.29, 0.717) is 42.3 Å². The monoisotopic (exact) mass is 522 g/mol. The number of aromatic nitrogens is 3. The Bertz CT molecular complexity index is 1160. The number of amides is 1. The Morgan fingerprint density at radius 2 is 2.08 bits per heavy atom. The fraction of sp³-hybridized carbons (Fsp3) is 0.750. The minimum absolute atomic E-state index is 0.226. The van der Waals surface area contributed by atoms with Gasteiger partial charge in [-0.25, -0.2) is 18.6 Å². The van der Waals surface area contributed by atoms with Crippen molar-refractivity contribution in [3.8, 4) is 6.01 Å². The third-order valence-corrected chi connectivity index (χ3v) is 8.52. The van der Waals surface area contributed by atoms with Gasteiger partial charge in [0, 0.05) is 32.5 Å². The van der Waals surface area contributed by atoms with Gasteiger partial charge in [-0.2, -0.15) is 9.97 Å². The summed E-state index contributed by atoms with van der Waals surface area (Å²) in [6.45, 7) is 7.80. The van der Waals surface area contributed by atoms with E-state index >= 15 is 4.39 Å². The molecule has 2 bridgehead atoms. The van der Waals surface area contributed by atoms with Crippen LogP contribution in [0.3, 0.4) is 0 Å². The molecule has 2 aromatic heterocycles. The number of rotatable bonds is 4. The highest BCUT2D eigenvalue weighted by atomic mass is 32.1. The van der Waals surface area contributed by atoms with E-state index in [-0.39, 0.29) is 30.6 Å². The maximum absolute atomic E-state index is 15.0. The highest BCUT2D eigenvalue weighted by Gasteiger charge is 2.51. The Morgan fingerprint density at radius 1 is 1.25 bits per heavy atom. The van der Waals surface area contributed by atoms with Crippen molar-refractivity contribution >= 4 is 33.6 Å². The average Bonchev–Trinajstić information content (AvgIpc) is 3.52. The Kier molecular flexibility index (Phi) is 5.75. The van der Waals surface area contributed by atoms with Gasteiger partial charge < -0.3 is 14.4 Å². The van der Waals surface area contributed by atoms with Crippen LogP contribution in [-0.2, 0) is 4.74 Å². The number of thiazole rings is 1. The van der Waals surface area contributed by atoms with Gasteiger partial charge in [-0.3, -0.25) is 9.80 Å². The number of hydrogen-bond acceptors (Lipinski definition) is 9. The summed E-state index contributed by atoms with van der Waals surface area (Å²) >= 11 is 1.39. The van der Waals surface area contributed by atoms with E-state index in [1.165, 1.54) is 11.3 Å². The number of carbonyl (C=O) groups excluding carboxylic acids is 1. The van der Waals surface area contributed by atoms with E-state index in [1.54, 1.807) is 31.2 Å². The normalized spacial score (nSPS) is 32.4. The van der Waals surface area contributed by atoms with Crippen molar-refractivity contribution < 1.29 is 23.0 Å². The quantitative estimate of drug-likeness (QED) is 0.603. The summed E-state index contributed by atoms with van der Waals surface area (Å²) in [4.78, 5) is 33.0. The molecule has 6 rings (SSSR count). The molecule has 36 heavy (non-hydrogen) atoms. The molecule has 6 heterocycles. The van der Waals surface area contributed by atoms with Gasteiger partial charge in [0.2, 0.25) is 0 Å². The molecule has 0 spiro atoms. The van der Waals surface area contributed by atoms with E-state index in [0.717, 1.165) is 19.4 Å². The Hall–Kier alpha value is -2.34. The van der Waals surface area contributed by atoms with Crippen LogP contribution in [0.5, 0.6) is 6.01 Å². The third kappa shape index (κ3) is 4.15. The number of ether oxygens (including phenoxy) is 2. The molecule has 2 aromatic rings. The molecule has 196 valence electrons. The van der Waals surface area contributed by atoms with Gasteiger partial charge in [-0.1, -0.05) is 0 Å². The molecular formula is C24H32F2N6O3S. The molecule has 4 fully saturated rings. The molecule has 2 unspecified atom stereocenters. The van der Waals surface area contributed by atoms with Crippen LogP contribution < -0.4 is 9.64 Å². The number of anilines is 1. The second-order valence-electron chi connectivity index (χ2n) is 11.5. The number of piperazine rings is 1. The summed E-state index contributed by atoms with van der Waals surface area (Å²) in [7, 11) is 0. The third-order valence-electron chi connectivity index (χ3n) is 7.80. The second kappa shape index (κ2) is 8.61. The van der Waals surface area contributed by atoms with Crippen LogP contribution >= 0.6 is 11.3 Å². The summed E-state index contributed by atoms with van der Waals surface area (Å²) in [5.74, 6) is 0.583. The first-order chi connectivity index (χ1) is 17.1. The second-order valence-corrected chi connectivity index (χ2v) is 12.3. The molecule has 1 amide bonds. The van der Waals surface area contributed by atoms with Gasteiger partial charge in [0.25, 0.3) is 0 Å². The molecule has 4 aliphatic heterocycles. The van der Waals surface area contributed by atoms with Gasteiger partial charge in [0.05, 0.1) is 23.1 Å². The van der Waals surface area contributed by atoms with Gasteiger partial charge in [0.15, 0.2) is 10.6 Å². The number of nitrogens with zero attached hydrogens (tertiary/aromatic N) is 6. The smallest absolute Gasteiger partial charge is 0.411 e. The highest BCUT2D eigenvalue weighted by Crippen LogP contribution is 2.41. The van der Waals surface area contributed by atoms with Gasteiger partial charge in [-0.15, -0.1) is 11.3 Å². The van der Waals surface area contributed by atoms with Gasteiger partial charge >= 0.3 is 12.1 Å². The van der Waals surface area contributed by atoms with E-state index in [9.17, 15) is 9.18 Å². The lowest BCUT2D eigenvalue weighted by atomic mass is 9.95. The van der Waals surface area contributed by atoms with E-state index in [4.69, 9.17) is 14.5 Å². The lowest BCUT2D eigenvalue weighted by Crippen LogP contribution is -2.58. The van der Waals surface area contributed by atoms with Crippen molar-refractivity contribution in [1.82, 2.24) is 24.8 Å². The fourth-order valence-corrected chi connectivity index (χ4v) is 6.97. The van der Waals surface area contributed by atoms with Crippen LogP contribution in [0, 0.1) is 0 Å². The summed E-state index contributed by atoms with van der Waals surface area (Å²) < 4.78 is 40.9. The molecule has 0 aliphatic carbocycles. The SMILES string of the molecule is CC(C)(C)OC(=O)N1C2CC(F)[C@H]1CN(c1nc(OC[C@@]34CCCN3C[C@H](F)C4)nc3scnc13)C2. The zero-order chi connectivity index (χ0) is 25.2. The van der Waals surface area contributed by atoms with Crippen molar-refractivity contribution in [2.45, 2.75) is 82.0 Å². The molecule has 9 nitrogen and oxygen atoms in total. The molecule has 0 N–H and O–H groups in total. The lowest BCUT2D eigenvalue weighted by molar-refractivity contribution is 0.00952. The molecular weight excluding hydrogens is 490 g/mol. The Balaban J connectivity index is 1.24. The van der Waals surface area contributed by atoms with Crippen LogP contribution in [0.2, 0.25) is 0 Å². The van der Waals surface area contributed by atoms with Crippen molar-refractivity contribution in [1.29, 1.82) is 0 Å². The minimum Gasteiger partial charge on any atom is -0.461 e. The average molecular weight is 523 g/mol. The van der Waals surface area contributed by atoms with Gasteiger partial charge in [-0.05, 0) is 40.2 Å². The topological polar surface area (TPSA) is 83.9 Å². The predicted molar refractivity (Wildman–Crippen MR) is 131 cm³/mol. The molecule has 4 saturated heterocycles. The van der Waals surface area contributed by atoms with E-state index in [1.807, 2.05) is 4.90 Å². The zero-order valence-corrected chi connectivity index (χ0v) is 21.6. The number of hydrogen-bond donors (Lipinski definition) is 0. The molecule has 0 saturated carbocycles. The largest absolute Gasteiger partial charge is 0.461 e. The molecule has 4 aliphatic rings. The highest BCUT2D eigenvalue weighted by molar-refractivity contribution is 7.16. The van der Waals surface area contributed by atoms with Crippen LogP contribution in [-0.4, -0.2) is 99.2 Å². The van der Waals surface area contributed by atoms with Crippen LogP contribution in [0.25, 0.3) is 10.3 Å². The zero-order valence-electron chi connectivity index (χ0n) is 20.8. The van der Waals surface area contributed by atoms with E-state index in [2.05, 4.69) is 14.9 Å². The number of halogens is 2. The number of alkyl halides is 2.